The molecule has 0 fully saturated rings. The van der Waals surface area contributed by atoms with Crippen molar-refractivity contribution in [1.29, 1.82) is 0 Å². The van der Waals surface area contributed by atoms with Crippen molar-refractivity contribution in [3.8, 4) is 5.75 Å². The normalized spacial score (nSPS) is 15.7. The summed E-state index contributed by atoms with van der Waals surface area (Å²) in [5.41, 5.74) is 3.02. The van der Waals surface area contributed by atoms with Crippen LogP contribution in [0.3, 0.4) is 0 Å². The van der Waals surface area contributed by atoms with E-state index in [1.807, 2.05) is 24.4 Å². The van der Waals surface area contributed by atoms with E-state index in [2.05, 4.69) is 9.97 Å². The lowest BCUT2D eigenvalue weighted by molar-refractivity contribution is 0.414. The summed E-state index contributed by atoms with van der Waals surface area (Å²) in [7, 11) is -2.12. The Labute approximate surface area is 162 Å². The highest BCUT2D eigenvalue weighted by atomic mass is 35.5. The molecule has 1 N–H and O–H groups in total. The van der Waals surface area contributed by atoms with Gasteiger partial charge in [0, 0.05) is 36.4 Å². The van der Waals surface area contributed by atoms with Gasteiger partial charge >= 0.3 is 0 Å². The molecule has 2 aromatic heterocycles. The molecule has 0 bridgehead atoms. The maximum Gasteiger partial charge on any atom is 0.243 e. The molecule has 4 rings (SSSR count). The Balaban J connectivity index is 1.60. The van der Waals surface area contributed by atoms with Crippen LogP contribution in [-0.2, 0) is 10.0 Å². The minimum atomic E-state index is -3.62. The van der Waals surface area contributed by atoms with Crippen molar-refractivity contribution in [2.75, 3.05) is 20.2 Å². The molecule has 0 amide bonds. The second-order valence-corrected chi connectivity index (χ2v) is 8.59. The van der Waals surface area contributed by atoms with Crippen LogP contribution in [0.25, 0.3) is 16.6 Å². The molecule has 8 heteroatoms. The van der Waals surface area contributed by atoms with Crippen LogP contribution in [-0.4, -0.2) is 42.9 Å². The Hall–Kier alpha value is -2.35. The van der Waals surface area contributed by atoms with Crippen LogP contribution >= 0.6 is 11.6 Å². The first kappa shape index (κ1) is 18.0. The summed E-state index contributed by atoms with van der Waals surface area (Å²) < 4.78 is 32.4. The number of H-pyrrole nitrogens is 1. The number of aromatic nitrogens is 2. The van der Waals surface area contributed by atoms with E-state index >= 15 is 0 Å². The Morgan fingerprint density at radius 1 is 1.30 bits per heavy atom. The van der Waals surface area contributed by atoms with E-state index in [0.717, 1.165) is 22.2 Å². The number of hydrogen-bond acceptors (Lipinski definition) is 4. The molecular formula is C19H18ClN3O3S. The fourth-order valence-electron chi connectivity index (χ4n) is 3.29. The molecule has 0 unspecified atom stereocenters. The van der Waals surface area contributed by atoms with Crippen molar-refractivity contribution in [3.63, 3.8) is 0 Å². The predicted molar refractivity (Wildman–Crippen MR) is 105 cm³/mol. The quantitative estimate of drug-likeness (QED) is 0.720. The maximum absolute atomic E-state index is 12.9. The second kappa shape index (κ2) is 6.99. The summed E-state index contributed by atoms with van der Waals surface area (Å²) in [6, 6.07) is 8.43. The molecule has 1 aliphatic heterocycles. The summed E-state index contributed by atoms with van der Waals surface area (Å²) in [6.07, 6.45) is 6.26. The fourth-order valence-corrected chi connectivity index (χ4v) is 5.02. The van der Waals surface area contributed by atoms with Crippen LogP contribution in [0.2, 0.25) is 5.02 Å². The van der Waals surface area contributed by atoms with Gasteiger partial charge in [0.05, 0.1) is 17.0 Å². The average Bonchev–Trinajstić information content (AvgIpc) is 3.12. The number of sulfonamides is 1. The Morgan fingerprint density at radius 2 is 2.15 bits per heavy atom. The summed E-state index contributed by atoms with van der Waals surface area (Å²) in [4.78, 5) is 7.63. The van der Waals surface area contributed by atoms with E-state index in [4.69, 9.17) is 16.3 Å². The third kappa shape index (κ3) is 3.22. The van der Waals surface area contributed by atoms with Crippen molar-refractivity contribution in [1.82, 2.24) is 14.3 Å². The first-order valence-electron chi connectivity index (χ1n) is 8.46. The van der Waals surface area contributed by atoms with Crippen LogP contribution in [0.15, 0.2) is 53.7 Å². The van der Waals surface area contributed by atoms with Crippen molar-refractivity contribution < 1.29 is 13.2 Å². The first-order valence-corrected chi connectivity index (χ1v) is 10.3. The third-order valence-electron chi connectivity index (χ3n) is 4.73. The number of rotatable bonds is 4. The molecule has 0 saturated carbocycles. The van der Waals surface area contributed by atoms with E-state index in [0.29, 0.717) is 25.3 Å². The van der Waals surface area contributed by atoms with Gasteiger partial charge < -0.3 is 9.72 Å². The molecule has 6 nitrogen and oxygen atoms in total. The molecule has 0 atom stereocenters. The Kier molecular flexibility index (Phi) is 4.67. The lowest BCUT2D eigenvalue weighted by atomic mass is 10.0. The first-order chi connectivity index (χ1) is 13.0. The number of aromatic amines is 1. The van der Waals surface area contributed by atoms with Crippen molar-refractivity contribution in [3.05, 3.63) is 59.4 Å². The van der Waals surface area contributed by atoms with Gasteiger partial charge in [-0.15, -0.1) is 0 Å². The molecule has 27 heavy (non-hydrogen) atoms. The number of benzene rings is 1. The summed E-state index contributed by atoms with van der Waals surface area (Å²) >= 11 is 6.09. The zero-order chi connectivity index (χ0) is 19.0. The van der Waals surface area contributed by atoms with E-state index in [-0.39, 0.29) is 9.92 Å². The van der Waals surface area contributed by atoms with Gasteiger partial charge in [-0.25, -0.2) is 13.4 Å². The number of pyridine rings is 1. The molecule has 3 aromatic rings. The monoisotopic (exact) mass is 403 g/mol. The van der Waals surface area contributed by atoms with E-state index < -0.39 is 10.0 Å². The molecule has 1 aromatic carbocycles. The molecule has 1 aliphatic rings. The Morgan fingerprint density at radius 3 is 2.85 bits per heavy atom. The Bertz CT molecular complexity index is 1140. The molecule has 0 radical (unpaired) electrons. The topological polar surface area (TPSA) is 75.3 Å². The SMILES string of the molecule is COc1ccc(S(=O)(=O)N2CC=C(c3c[nH]c4ncccc34)CC2)cc1Cl. The van der Waals surface area contributed by atoms with Gasteiger partial charge in [0.1, 0.15) is 11.4 Å². The highest BCUT2D eigenvalue weighted by Crippen LogP contribution is 2.32. The minimum absolute atomic E-state index is 0.168. The highest BCUT2D eigenvalue weighted by molar-refractivity contribution is 7.89. The fraction of sp³-hybridized carbons (Fsp3) is 0.211. The summed E-state index contributed by atoms with van der Waals surface area (Å²) in [5, 5.41) is 1.32. The highest BCUT2D eigenvalue weighted by Gasteiger charge is 2.27. The smallest absolute Gasteiger partial charge is 0.243 e. The van der Waals surface area contributed by atoms with Crippen LogP contribution in [0, 0.1) is 0 Å². The number of fused-ring (bicyclic) bond motifs is 1. The number of methoxy groups -OCH3 is 1. The van der Waals surface area contributed by atoms with E-state index in [1.54, 1.807) is 12.3 Å². The third-order valence-corrected chi connectivity index (χ3v) is 6.89. The average molecular weight is 404 g/mol. The van der Waals surface area contributed by atoms with Gasteiger partial charge in [0.25, 0.3) is 0 Å². The standard InChI is InChI=1S/C19H18ClN3O3S/c1-26-18-5-4-14(11-17(18)20)27(24,25)23-9-6-13(7-10-23)16-12-22-19-15(16)3-2-8-21-19/h2-6,8,11-12H,7,9-10H2,1H3,(H,21,22). The van der Waals surface area contributed by atoms with Gasteiger partial charge in [-0.1, -0.05) is 17.7 Å². The van der Waals surface area contributed by atoms with Crippen molar-refractivity contribution >= 4 is 38.2 Å². The number of nitrogens with one attached hydrogen (secondary N) is 1. The van der Waals surface area contributed by atoms with Gasteiger partial charge in [0.15, 0.2) is 0 Å². The lowest BCUT2D eigenvalue weighted by Gasteiger charge is -2.26. The minimum Gasteiger partial charge on any atom is -0.495 e. The van der Waals surface area contributed by atoms with Crippen LogP contribution in [0.4, 0.5) is 0 Å². The molecule has 0 aliphatic carbocycles. The second-order valence-electron chi connectivity index (χ2n) is 6.24. The van der Waals surface area contributed by atoms with E-state index in [1.165, 1.54) is 23.5 Å². The van der Waals surface area contributed by atoms with Gasteiger partial charge in [0.2, 0.25) is 10.0 Å². The van der Waals surface area contributed by atoms with Crippen molar-refractivity contribution in [2.24, 2.45) is 0 Å². The van der Waals surface area contributed by atoms with Gasteiger partial charge in [-0.2, -0.15) is 4.31 Å². The lowest BCUT2D eigenvalue weighted by Crippen LogP contribution is -2.34. The predicted octanol–water partition coefficient (Wildman–Crippen LogP) is 3.70. The maximum atomic E-state index is 12.9. The molecule has 140 valence electrons. The number of halogens is 1. The molecule has 0 saturated heterocycles. The zero-order valence-corrected chi connectivity index (χ0v) is 16.2. The molecule has 0 spiro atoms. The number of hydrogen-bond donors (Lipinski definition) is 1. The molecular weight excluding hydrogens is 386 g/mol. The summed E-state index contributed by atoms with van der Waals surface area (Å²) in [5.74, 6) is 0.449. The molecule has 3 heterocycles. The number of ether oxygens (including phenoxy) is 1. The largest absolute Gasteiger partial charge is 0.495 e. The summed E-state index contributed by atoms with van der Waals surface area (Å²) in [6.45, 7) is 0.721. The van der Waals surface area contributed by atoms with Crippen LogP contribution in [0.1, 0.15) is 12.0 Å². The number of nitrogens with zero attached hydrogens (tertiary/aromatic N) is 2. The van der Waals surface area contributed by atoms with Crippen molar-refractivity contribution in [2.45, 2.75) is 11.3 Å². The van der Waals surface area contributed by atoms with E-state index in [9.17, 15) is 8.42 Å². The van der Waals surface area contributed by atoms with Crippen LogP contribution < -0.4 is 4.74 Å². The van der Waals surface area contributed by atoms with Crippen LogP contribution in [0.5, 0.6) is 5.75 Å². The van der Waals surface area contributed by atoms with Gasteiger partial charge in [-0.05, 0) is 42.3 Å². The van der Waals surface area contributed by atoms with Gasteiger partial charge in [-0.3, -0.25) is 0 Å². The zero-order valence-electron chi connectivity index (χ0n) is 14.6.